The zero-order valence-corrected chi connectivity index (χ0v) is 10.4. The molecule has 0 aliphatic carbocycles. The van der Waals surface area contributed by atoms with Gasteiger partial charge in [0.2, 0.25) is 0 Å². The standard InChI is InChI=1S/C11H17F2N3S/c12-11(13)16-5-4-15-10(16)8-14-7-9-3-1-2-6-17-9/h4-5,9,11,14H,1-3,6-8H2. The first-order valence-corrected chi connectivity index (χ1v) is 6.94. The summed E-state index contributed by atoms with van der Waals surface area (Å²) in [7, 11) is 0. The van der Waals surface area contributed by atoms with Crippen molar-refractivity contribution >= 4 is 11.8 Å². The number of hydrogen-bond donors (Lipinski definition) is 1. The van der Waals surface area contributed by atoms with Crippen LogP contribution in [0, 0.1) is 0 Å². The van der Waals surface area contributed by atoms with Crippen LogP contribution in [-0.2, 0) is 6.54 Å². The van der Waals surface area contributed by atoms with E-state index < -0.39 is 6.55 Å². The predicted octanol–water partition coefficient (Wildman–Crippen LogP) is 2.65. The van der Waals surface area contributed by atoms with Gasteiger partial charge in [-0.15, -0.1) is 0 Å². The third-order valence-electron chi connectivity index (χ3n) is 2.89. The van der Waals surface area contributed by atoms with Gasteiger partial charge in [-0.25, -0.2) is 4.98 Å². The van der Waals surface area contributed by atoms with Gasteiger partial charge in [0.05, 0.1) is 6.54 Å². The van der Waals surface area contributed by atoms with Crippen molar-refractivity contribution in [1.82, 2.24) is 14.9 Å². The Morgan fingerprint density at radius 2 is 2.41 bits per heavy atom. The SMILES string of the molecule is FC(F)n1ccnc1CNCC1CCCCS1. The molecular weight excluding hydrogens is 244 g/mol. The molecule has 2 heterocycles. The maximum Gasteiger partial charge on any atom is 0.319 e. The van der Waals surface area contributed by atoms with E-state index in [4.69, 9.17) is 0 Å². The van der Waals surface area contributed by atoms with E-state index in [0.29, 0.717) is 17.6 Å². The van der Waals surface area contributed by atoms with E-state index in [9.17, 15) is 8.78 Å². The highest BCUT2D eigenvalue weighted by molar-refractivity contribution is 7.99. The molecule has 6 heteroatoms. The van der Waals surface area contributed by atoms with Crippen LogP contribution >= 0.6 is 11.8 Å². The Labute approximate surface area is 104 Å². The Hall–Kier alpha value is -0.620. The second-order valence-corrected chi connectivity index (χ2v) is 5.56. The van der Waals surface area contributed by atoms with Gasteiger partial charge < -0.3 is 5.32 Å². The van der Waals surface area contributed by atoms with E-state index in [1.807, 2.05) is 11.8 Å². The fraction of sp³-hybridized carbons (Fsp3) is 0.727. The van der Waals surface area contributed by atoms with Crippen LogP contribution in [0.5, 0.6) is 0 Å². The molecule has 0 bridgehead atoms. The van der Waals surface area contributed by atoms with Crippen LogP contribution in [0.25, 0.3) is 0 Å². The normalized spacial score (nSPS) is 21.0. The Balaban J connectivity index is 1.75. The second-order valence-electron chi connectivity index (χ2n) is 4.15. The van der Waals surface area contributed by atoms with Crippen molar-refractivity contribution < 1.29 is 8.78 Å². The highest BCUT2D eigenvalue weighted by Gasteiger charge is 2.14. The average molecular weight is 261 g/mol. The molecule has 1 aromatic heterocycles. The van der Waals surface area contributed by atoms with Gasteiger partial charge in [-0.05, 0) is 18.6 Å². The van der Waals surface area contributed by atoms with E-state index in [1.54, 1.807) is 0 Å². The van der Waals surface area contributed by atoms with Crippen LogP contribution in [0.3, 0.4) is 0 Å². The van der Waals surface area contributed by atoms with Crippen LogP contribution in [0.15, 0.2) is 12.4 Å². The monoisotopic (exact) mass is 261 g/mol. The van der Waals surface area contributed by atoms with Gasteiger partial charge in [-0.3, -0.25) is 4.57 Å². The third-order valence-corrected chi connectivity index (χ3v) is 4.29. The molecule has 1 aliphatic heterocycles. The highest BCUT2D eigenvalue weighted by Crippen LogP contribution is 2.24. The summed E-state index contributed by atoms with van der Waals surface area (Å²) in [6, 6.07) is 0. The van der Waals surface area contributed by atoms with Crippen LogP contribution in [0.4, 0.5) is 8.78 Å². The zero-order valence-electron chi connectivity index (χ0n) is 9.61. The molecule has 1 unspecified atom stereocenters. The number of thioether (sulfide) groups is 1. The summed E-state index contributed by atoms with van der Waals surface area (Å²) in [5.41, 5.74) is 0. The lowest BCUT2D eigenvalue weighted by Crippen LogP contribution is -2.27. The molecule has 1 aliphatic rings. The smallest absolute Gasteiger partial charge is 0.309 e. The molecule has 0 saturated carbocycles. The molecule has 0 radical (unpaired) electrons. The number of nitrogens with zero attached hydrogens (tertiary/aromatic N) is 2. The third kappa shape index (κ3) is 3.67. The van der Waals surface area contributed by atoms with Crippen molar-refractivity contribution in [2.24, 2.45) is 0 Å². The molecule has 1 saturated heterocycles. The second kappa shape index (κ2) is 6.35. The van der Waals surface area contributed by atoms with Gasteiger partial charge in [0.1, 0.15) is 5.82 Å². The first-order chi connectivity index (χ1) is 8.27. The first kappa shape index (κ1) is 12.8. The lowest BCUT2D eigenvalue weighted by atomic mass is 10.2. The first-order valence-electron chi connectivity index (χ1n) is 5.89. The van der Waals surface area contributed by atoms with E-state index >= 15 is 0 Å². The molecule has 0 spiro atoms. The number of imidazole rings is 1. The maximum atomic E-state index is 12.5. The van der Waals surface area contributed by atoms with Crippen LogP contribution in [0.1, 0.15) is 31.6 Å². The minimum Gasteiger partial charge on any atom is -0.309 e. The summed E-state index contributed by atoms with van der Waals surface area (Å²) in [5, 5.41) is 3.84. The number of hydrogen-bond acceptors (Lipinski definition) is 3. The molecule has 1 aromatic rings. The number of alkyl halides is 2. The van der Waals surface area contributed by atoms with E-state index in [1.165, 1.54) is 37.4 Å². The number of aromatic nitrogens is 2. The van der Waals surface area contributed by atoms with Gasteiger partial charge >= 0.3 is 6.55 Å². The van der Waals surface area contributed by atoms with Crippen molar-refractivity contribution in [1.29, 1.82) is 0 Å². The summed E-state index contributed by atoms with van der Waals surface area (Å²) in [6.45, 7) is -1.21. The molecule has 1 fully saturated rings. The molecule has 0 aromatic carbocycles. The van der Waals surface area contributed by atoms with Crippen molar-refractivity contribution in [2.45, 2.75) is 37.6 Å². The largest absolute Gasteiger partial charge is 0.319 e. The Bertz CT molecular complexity index is 337. The summed E-state index contributed by atoms with van der Waals surface area (Å²) < 4.78 is 26.0. The summed E-state index contributed by atoms with van der Waals surface area (Å²) in [6.07, 6.45) is 6.54. The van der Waals surface area contributed by atoms with Gasteiger partial charge in [0.25, 0.3) is 0 Å². The van der Waals surface area contributed by atoms with Gasteiger partial charge in [0.15, 0.2) is 0 Å². The average Bonchev–Trinajstić information content (AvgIpc) is 2.79. The molecule has 96 valence electrons. The quantitative estimate of drug-likeness (QED) is 0.883. The highest BCUT2D eigenvalue weighted by atomic mass is 32.2. The minimum absolute atomic E-state index is 0.404. The summed E-state index contributed by atoms with van der Waals surface area (Å²) in [4.78, 5) is 3.93. The zero-order chi connectivity index (χ0) is 12.1. The van der Waals surface area contributed by atoms with Crippen LogP contribution in [0.2, 0.25) is 0 Å². The fourth-order valence-corrected chi connectivity index (χ4v) is 3.25. The lowest BCUT2D eigenvalue weighted by Gasteiger charge is -2.21. The molecule has 2 rings (SSSR count). The molecule has 17 heavy (non-hydrogen) atoms. The van der Waals surface area contributed by atoms with Crippen LogP contribution in [-0.4, -0.2) is 27.1 Å². The number of rotatable bonds is 5. The molecule has 1 N–H and O–H groups in total. The minimum atomic E-state index is -2.50. The van der Waals surface area contributed by atoms with Gasteiger partial charge in [0, 0.05) is 24.2 Å². The van der Waals surface area contributed by atoms with Crippen molar-refractivity contribution in [2.75, 3.05) is 12.3 Å². The lowest BCUT2D eigenvalue weighted by molar-refractivity contribution is 0.0666. The Morgan fingerprint density at radius 3 is 3.12 bits per heavy atom. The summed E-state index contributed by atoms with van der Waals surface area (Å²) in [5.74, 6) is 1.62. The van der Waals surface area contributed by atoms with Gasteiger partial charge in [-0.2, -0.15) is 20.5 Å². The van der Waals surface area contributed by atoms with Crippen molar-refractivity contribution in [3.05, 3.63) is 18.2 Å². The van der Waals surface area contributed by atoms with E-state index in [0.717, 1.165) is 11.1 Å². The topological polar surface area (TPSA) is 29.9 Å². The van der Waals surface area contributed by atoms with Crippen molar-refractivity contribution in [3.63, 3.8) is 0 Å². The maximum absolute atomic E-state index is 12.5. The van der Waals surface area contributed by atoms with Crippen LogP contribution < -0.4 is 5.32 Å². The Morgan fingerprint density at radius 1 is 1.53 bits per heavy atom. The van der Waals surface area contributed by atoms with Gasteiger partial charge in [-0.1, -0.05) is 6.42 Å². The molecule has 0 amide bonds. The number of halogens is 2. The Kier molecular flexibility index (Phi) is 4.79. The fourth-order valence-electron chi connectivity index (χ4n) is 1.97. The molecule has 3 nitrogen and oxygen atoms in total. The number of nitrogens with one attached hydrogen (secondary N) is 1. The van der Waals surface area contributed by atoms with E-state index in [2.05, 4.69) is 10.3 Å². The van der Waals surface area contributed by atoms with E-state index in [-0.39, 0.29) is 0 Å². The van der Waals surface area contributed by atoms with Crippen molar-refractivity contribution in [3.8, 4) is 0 Å². The molecular formula is C11H17F2N3S. The summed E-state index contributed by atoms with van der Waals surface area (Å²) >= 11 is 1.97. The molecule has 1 atom stereocenters. The predicted molar refractivity (Wildman–Crippen MR) is 65.3 cm³/mol.